The van der Waals surface area contributed by atoms with Gasteiger partial charge in [-0.3, -0.25) is 25.6 Å². The molecule has 10 heteroatoms. The van der Waals surface area contributed by atoms with Crippen LogP contribution in [0.1, 0.15) is 53.4 Å². The number of nitriles is 2. The number of nitrogens with one attached hydrogen (secondary N) is 4. The minimum absolute atomic E-state index is 0.0169. The Balaban J connectivity index is 1.78. The van der Waals surface area contributed by atoms with Crippen LogP contribution in [0.5, 0.6) is 0 Å². The highest BCUT2D eigenvalue weighted by atomic mass is 16.1. The van der Waals surface area contributed by atoms with Crippen molar-refractivity contribution in [2.75, 3.05) is 19.6 Å². The second-order valence-corrected chi connectivity index (χ2v) is 11.1. The summed E-state index contributed by atoms with van der Waals surface area (Å²) in [6.45, 7) is 9.91. The predicted molar refractivity (Wildman–Crippen MR) is 126 cm³/mol. The molecule has 0 aromatic rings. The number of carbonyl (C=O) groups excluding carboxylic acids is 1. The molecule has 10 nitrogen and oxygen atoms in total. The lowest BCUT2D eigenvalue weighted by Crippen LogP contribution is -2.73. The second kappa shape index (κ2) is 10.2. The van der Waals surface area contributed by atoms with Gasteiger partial charge >= 0.3 is 0 Å². The lowest BCUT2D eigenvalue weighted by Gasteiger charge is -2.48. The van der Waals surface area contributed by atoms with Gasteiger partial charge in [0.05, 0.1) is 35.1 Å². The lowest BCUT2D eigenvalue weighted by atomic mass is 9.73. The zero-order chi connectivity index (χ0) is 24.4. The molecule has 33 heavy (non-hydrogen) atoms. The molecule has 0 radical (unpaired) electrons. The molecule has 3 fully saturated rings. The summed E-state index contributed by atoms with van der Waals surface area (Å²) in [7, 11) is 0. The van der Waals surface area contributed by atoms with Crippen molar-refractivity contribution < 1.29 is 4.79 Å². The molecule has 0 saturated carbocycles. The molecule has 184 valence electrons. The third-order valence-electron chi connectivity index (χ3n) is 7.67. The summed E-state index contributed by atoms with van der Waals surface area (Å²) in [4.78, 5) is 14.5. The number of rotatable bonds is 6. The van der Waals surface area contributed by atoms with Crippen LogP contribution < -0.4 is 32.7 Å². The van der Waals surface area contributed by atoms with Gasteiger partial charge in [0.15, 0.2) is 0 Å². The summed E-state index contributed by atoms with van der Waals surface area (Å²) >= 11 is 0. The maximum atomic E-state index is 12.3. The fourth-order valence-electron chi connectivity index (χ4n) is 5.24. The van der Waals surface area contributed by atoms with Gasteiger partial charge in [0.25, 0.3) is 0 Å². The van der Waals surface area contributed by atoms with Gasteiger partial charge in [0.2, 0.25) is 5.91 Å². The molecule has 0 aliphatic carbocycles. The van der Waals surface area contributed by atoms with Crippen LogP contribution in [0.4, 0.5) is 0 Å². The summed E-state index contributed by atoms with van der Waals surface area (Å²) in [6.07, 6.45) is 3.10. The minimum atomic E-state index is -0.596. The summed E-state index contributed by atoms with van der Waals surface area (Å²) < 4.78 is 0. The van der Waals surface area contributed by atoms with Gasteiger partial charge in [0.1, 0.15) is 6.29 Å². The van der Waals surface area contributed by atoms with Crippen molar-refractivity contribution in [2.45, 2.75) is 90.0 Å². The molecule has 1 amide bonds. The lowest BCUT2D eigenvalue weighted by molar-refractivity contribution is -0.124. The number of carbonyl (C=O) groups is 1. The molecule has 3 heterocycles. The van der Waals surface area contributed by atoms with E-state index in [2.05, 4.69) is 38.3 Å². The van der Waals surface area contributed by atoms with E-state index in [0.29, 0.717) is 6.54 Å². The van der Waals surface area contributed by atoms with E-state index in [1.165, 1.54) is 0 Å². The van der Waals surface area contributed by atoms with Crippen LogP contribution >= 0.6 is 0 Å². The van der Waals surface area contributed by atoms with Gasteiger partial charge in [-0.05, 0) is 53.4 Å². The first-order valence-electron chi connectivity index (χ1n) is 12.1. The summed E-state index contributed by atoms with van der Waals surface area (Å²) in [5, 5.41) is 33.7. The first kappa shape index (κ1) is 25.8. The molecular formula is C23H41N9O. The molecule has 0 aromatic carbocycles. The molecule has 3 rings (SSSR count). The number of piperidine rings is 2. The maximum absolute atomic E-state index is 12.3. The van der Waals surface area contributed by atoms with Gasteiger partial charge in [-0.1, -0.05) is 0 Å². The Morgan fingerprint density at radius 2 is 1.70 bits per heavy atom. The minimum Gasteiger partial charge on any atom is -0.369 e. The maximum Gasteiger partial charge on any atom is 0.224 e. The predicted octanol–water partition coefficient (Wildman–Crippen LogP) is -0.508. The van der Waals surface area contributed by atoms with Crippen molar-refractivity contribution in [1.82, 2.24) is 26.2 Å². The largest absolute Gasteiger partial charge is 0.369 e. The number of likely N-dealkylation sites (tertiary alicyclic amines) is 1. The van der Waals surface area contributed by atoms with Crippen LogP contribution in [0.15, 0.2) is 0 Å². The van der Waals surface area contributed by atoms with Crippen molar-refractivity contribution in [3.63, 3.8) is 0 Å². The number of nitrogens with two attached hydrogens (primary N) is 2. The average molecular weight is 460 g/mol. The highest BCUT2D eigenvalue weighted by molar-refractivity contribution is 5.77. The second-order valence-electron chi connectivity index (χ2n) is 11.1. The first-order valence-corrected chi connectivity index (χ1v) is 12.1. The monoisotopic (exact) mass is 459 g/mol. The number of amides is 1. The Labute approximate surface area is 197 Å². The van der Waals surface area contributed by atoms with Crippen LogP contribution in [0, 0.1) is 39.4 Å². The molecule has 3 saturated heterocycles. The summed E-state index contributed by atoms with van der Waals surface area (Å²) in [5.74, 6) is -0.780. The standard InChI is InChI=1S/C23H41N9O/c1-22(2,12-24)17-8-15(9-18(30-17)23(3,4)13-25)29-20-16(19(27)33)10-28-21(31-20)32-7-5-6-14(26)11-32/h14-18,20-21,28-31H,5-11,26H2,1-4H3,(H2,27,33)/t14-,15?,16?,17?,18?,20?,21?/m0/s1. The van der Waals surface area contributed by atoms with Crippen LogP contribution in [-0.4, -0.2) is 67.1 Å². The van der Waals surface area contributed by atoms with Crippen LogP contribution in [0.2, 0.25) is 0 Å². The van der Waals surface area contributed by atoms with E-state index in [9.17, 15) is 15.3 Å². The smallest absolute Gasteiger partial charge is 0.224 e. The molecule has 3 aliphatic rings. The SMILES string of the molecule is CC(C)(C#N)C1CC(NC2NC(N3CCC[C@H](N)C3)NCC2C(N)=O)CC(C(C)(C)C#N)N1. The Bertz CT molecular complexity index is 752. The molecule has 0 bridgehead atoms. The van der Waals surface area contributed by atoms with E-state index in [0.717, 1.165) is 38.8 Å². The topological polar surface area (TPSA) is 168 Å². The van der Waals surface area contributed by atoms with Crippen molar-refractivity contribution in [3.8, 4) is 12.1 Å². The zero-order valence-electron chi connectivity index (χ0n) is 20.4. The Morgan fingerprint density at radius 3 is 2.21 bits per heavy atom. The van der Waals surface area contributed by atoms with E-state index in [1.54, 1.807) is 0 Å². The quantitative estimate of drug-likeness (QED) is 0.306. The number of hydrogen-bond acceptors (Lipinski definition) is 9. The Morgan fingerprint density at radius 1 is 1.09 bits per heavy atom. The van der Waals surface area contributed by atoms with E-state index in [-0.39, 0.29) is 42.5 Å². The average Bonchev–Trinajstić information content (AvgIpc) is 2.78. The molecular weight excluding hydrogens is 418 g/mol. The normalized spacial score (nSPS) is 36.5. The van der Waals surface area contributed by atoms with Gasteiger partial charge in [-0.2, -0.15) is 10.5 Å². The number of hydrogen-bond donors (Lipinski definition) is 6. The number of primary amides is 1. The fraction of sp³-hybridized carbons (Fsp3) is 0.870. The highest BCUT2D eigenvalue weighted by Crippen LogP contribution is 2.34. The van der Waals surface area contributed by atoms with Gasteiger partial charge < -0.3 is 16.8 Å². The van der Waals surface area contributed by atoms with Crippen LogP contribution in [0.25, 0.3) is 0 Å². The molecule has 8 N–H and O–H groups in total. The Hall–Kier alpha value is -1.79. The number of nitrogens with zero attached hydrogens (tertiary/aromatic N) is 3. The zero-order valence-corrected chi connectivity index (χ0v) is 20.4. The molecule has 6 atom stereocenters. The summed E-state index contributed by atoms with van der Waals surface area (Å²) in [5.41, 5.74) is 10.7. The van der Waals surface area contributed by atoms with E-state index in [1.807, 2.05) is 27.7 Å². The van der Waals surface area contributed by atoms with E-state index < -0.39 is 16.7 Å². The van der Waals surface area contributed by atoms with E-state index >= 15 is 0 Å². The van der Waals surface area contributed by atoms with Gasteiger partial charge in [-0.15, -0.1) is 0 Å². The van der Waals surface area contributed by atoms with Crippen LogP contribution in [-0.2, 0) is 4.79 Å². The van der Waals surface area contributed by atoms with Gasteiger partial charge in [0, 0.05) is 43.8 Å². The molecule has 3 aliphatic heterocycles. The fourth-order valence-corrected chi connectivity index (χ4v) is 5.24. The third-order valence-corrected chi connectivity index (χ3v) is 7.67. The summed E-state index contributed by atoms with van der Waals surface area (Å²) in [6, 6.07) is 4.82. The molecule has 5 unspecified atom stereocenters. The highest BCUT2D eigenvalue weighted by Gasteiger charge is 2.44. The van der Waals surface area contributed by atoms with Crippen molar-refractivity contribution in [1.29, 1.82) is 10.5 Å². The first-order chi connectivity index (χ1) is 15.5. The van der Waals surface area contributed by atoms with Crippen LogP contribution in [0.3, 0.4) is 0 Å². The van der Waals surface area contributed by atoms with Crippen molar-refractivity contribution >= 4 is 5.91 Å². The molecule has 0 aromatic heterocycles. The molecule has 0 spiro atoms. The Kier molecular flexibility index (Phi) is 8.00. The van der Waals surface area contributed by atoms with Crippen molar-refractivity contribution in [3.05, 3.63) is 0 Å². The van der Waals surface area contributed by atoms with E-state index in [4.69, 9.17) is 11.5 Å². The van der Waals surface area contributed by atoms with Gasteiger partial charge in [-0.25, -0.2) is 0 Å². The van der Waals surface area contributed by atoms with Crippen molar-refractivity contribution in [2.24, 2.45) is 28.2 Å². The third kappa shape index (κ3) is 6.02.